The number of benzene rings is 2. The molecule has 0 aliphatic rings. The van der Waals surface area contributed by atoms with Crippen LogP contribution in [0, 0.1) is 13.8 Å². The number of aryl methyl sites for hydroxylation is 2. The van der Waals surface area contributed by atoms with E-state index >= 15 is 0 Å². The Balaban J connectivity index is 0.000000204. The van der Waals surface area contributed by atoms with E-state index in [0.29, 0.717) is 10.0 Å². The third kappa shape index (κ3) is 5.85. The normalized spacial score (nSPS) is 10.8. The van der Waals surface area contributed by atoms with Crippen LogP contribution in [0.2, 0.25) is 10.0 Å². The second-order valence-corrected chi connectivity index (χ2v) is 5.18. The smallest absolute Gasteiger partial charge is 0.166 e. The quantitative estimate of drug-likeness (QED) is 0.533. The Morgan fingerprint density at radius 3 is 1.55 bits per heavy atom. The van der Waals surface area contributed by atoms with Gasteiger partial charge in [0.1, 0.15) is 0 Å². The van der Waals surface area contributed by atoms with Crippen LogP contribution < -0.4 is 0 Å². The second kappa shape index (κ2) is 7.00. The van der Waals surface area contributed by atoms with Crippen molar-refractivity contribution in [1.82, 2.24) is 0 Å². The van der Waals surface area contributed by atoms with Gasteiger partial charge in [-0.15, -0.1) is 0 Å². The summed E-state index contributed by atoms with van der Waals surface area (Å²) in [4.78, 5) is 0. The molecule has 0 saturated carbocycles. The Bertz CT molecular complexity index is 510. The lowest BCUT2D eigenvalue weighted by molar-refractivity contribution is -0.137. The molecule has 0 unspecified atom stereocenters. The average molecular weight is 321 g/mol. The van der Waals surface area contributed by atoms with Gasteiger partial charge in [0.05, 0.1) is 5.56 Å². The summed E-state index contributed by atoms with van der Waals surface area (Å²) < 4.78 is 35.8. The van der Waals surface area contributed by atoms with E-state index in [1.807, 2.05) is 19.1 Å². The van der Waals surface area contributed by atoms with Crippen LogP contribution in [0.5, 0.6) is 0 Å². The Morgan fingerprint density at radius 2 is 1.20 bits per heavy atom. The van der Waals surface area contributed by atoms with Crippen LogP contribution in [0.3, 0.4) is 0 Å². The first kappa shape index (κ1) is 16.9. The minimum atomic E-state index is -4.21. The molecule has 20 heavy (non-hydrogen) atoms. The van der Waals surface area contributed by atoms with E-state index in [9.17, 15) is 13.2 Å². The zero-order valence-corrected chi connectivity index (χ0v) is 12.4. The molecule has 108 valence electrons. The molecule has 0 saturated heterocycles. The number of hydrogen-bond acceptors (Lipinski definition) is 0. The molecule has 0 aliphatic heterocycles. The highest BCUT2D eigenvalue weighted by Gasteiger charge is 2.29. The van der Waals surface area contributed by atoms with Gasteiger partial charge >= 0.3 is 6.18 Å². The third-order valence-corrected chi connectivity index (χ3v) is 2.82. The third-order valence-electron chi connectivity index (χ3n) is 2.39. The summed E-state index contributed by atoms with van der Waals surface area (Å²) in [5.41, 5.74) is 1.33. The highest BCUT2D eigenvalue weighted by molar-refractivity contribution is 6.34. The largest absolute Gasteiger partial charge is 0.416 e. The molecule has 5 heteroatoms. The number of rotatable bonds is 0. The molecular formula is C15H13Cl2F3. The van der Waals surface area contributed by atoms with Gasteiger partial charge in [-0.05, 0) is 49.7 Å². The van der Waals surface area contributed by atoms with E-state index in [1.165, 1.54) is 12.1 Å². The van der Waals surface area contributed by atoms with Crippen molar-refractivity contribution >= 4 is 23.2 Å². The van der Waals surface area contributed by atoms with Crippen molar-refractivity contribution in [3.05, 3.63) is 69.2 Å². The molecule has 2 aromatic carbocycles. The monoisotopic (exact) mass is 320 g/mol. The van der Waals surface area contributed by atoms with Crippen molar-refractivity contribution in [2.24, 2.45) is 0 Å². The van der Waals surface area contributed by atoms with Gasteiger partial charge in [0.2, 0.25) is 0 Å². The highest BCUT2D eigenvalue weighted by atomic mass is 35.5. The highest BCUT2D eigenvalue weighted by Crippen LogP contribution is 2.28. The standard InChI is InChI=1S/C8H7F3.C7H6Cl2/c1-6-2-4-7(5-3-6)8(9,10)11;1-5-2-6(8)4-7(9)3-5/h2-5H,1H3;2-4H,1H3. The predicted molar refractivity (Wildman–Crippen MR) is 77.4 cm³/mol. The molecule has 0 fully saturated rings. The molecule has 0 aromatic heterocycles. The molecule has 0 spiro atoms. The first-order valence-electron chi connectivity index (χ1n) is 5.75. The Hall–Kier alpha value is -1.19. The minimum absolute atomic E-state index is 0.594. The average Bonchev–Trinajstić information content (AvgIpc) is 2.26. The summed E-state index contributed by atoms with van der Waals surface area (Å²) in [5.74, 6) is 0. The van der Waals surface area contributed by atoms with E-state index in [2.05, 4.69) is 0 Å². The Kier molecular flexibility index (Phi) is 5.90. The van der Waals surface area contributed by atoms with Gasteiger partial charge in [-0.1, -0.05) is 40.9 Å². The number of halogens is 5. The van der Waals surface area contributed by atoms with Crippen molar-refractivity contribution in [2.75, 3.05) is 0 Å². The van der Waals surface area contributed by atoms with Crippen LogP contribution in [-0.4, -0.2) is 0 Å². The van der Waals surface area contributed by atoms with E-state index in [4.69, 9.17) is 23.2 Å². The summed E-state index contributed by atoms with van der Waals surface area (Å²) in [5, 5.41) is 1.39. The first-order chi connectivity index (χ1) is 9.18. The van der Waals surface area contributed by atoms with Gasteiger partial charge in [0.25, 0.3) is 0 Å². The number of hydrogen-bond donors (Lipinski definition) is 0. The topological polar surface area (TPSA) is 0 Å². The lowest BCUT2D eigenvalue weighted by Crippen LogP contribution is -2.03. The molecule has 0 bridgehead atoms. The van der Waals surface area contributed by atoms with E-state index < -0.39 is 11.7 Å². The fourth-order valence-corrected chi connectivity index (χ4v) is 2.07. The fraction of sp³-hybridized carbons (Fsp3) is 0.200. The van der Waals surface area contributed by atoms with Crippen molar-refractivity contribution in [3.63, 3.8) is 0 Å². The SMILES string of the molecule is Cc1cc(Cl)cc(Cl)c1.Cc1ccc(C(F)(F)F)cc1. The maximum Gasteiger partial charge on any atom is 0.416 e. The molecular weight excluding hydrogens is 308 g/mol. The maximum atomic E-state index is 11.9. The van der Waals surface area contributed by atoms with Gasteiger partial charge in [0.15, 0.2) is 0 Å². The van der Waals surface area contributed by atoms with Crippen molar-refractivity contribution in [2.45, 2.75) is 20.0 Å². The van der Waals surface area contributed by atoms with Crippen LogP contribution in [0.1, 0.15) is 16.7 Å². The van der Waals surface area contributed by atoms with Crippen LogP contribution in [0.4, 0.5) is 13.2 Å². The van der Waals surface area contributed by atoms with Crippen LogP contribution in [0.15, 0.2) is 42.5 Å². The molecule has 0 atom stereocenters. The van der Waals surface area contributed by atoms with Crippen molar-refractivity contribution in [3.8, 4) is 0 Å². The summed E-state index contributed by atoms with van der Waals surface area (Å²) >= 11 is 11.3. The lowest BCUT2D eigenvalue weighted by Gasteiger charge is -2.05. The van der Waals surface area contributed by atoms with Crippen molar-refractivity contribution < 1.29 is 13.2 Å². The zero-order chi connectivity index (χ0) is 15.3. The lowest BCUT2D eigenvalue weighted by atomic mass is 10.1. The summed E-state index contributed by atoms with van der Waals surface area (Å²) in [6.45, 7) is 3.71. The summed E-state index contributed by atoms with van der Waals surface area (Å²) in [7, 11) is 0. The van der Waals surface area contributed by atoms with Crippen LogP contribution >= 0.6 is 23.2 Å². The van der Waals surface area contributed by atoms with Gasteiger partial charge in [0, 0.05) is 10.0 Å². The maximum absolute atomic E-state index is 11.9. The van der Waals surface area contributed by atoms with Crippen molar-refractivity contribution in [1.29, 1.82) is 0 Å². The van der Waals surface area contributed by atoms with E-state index in [0.717, 1.165) is 23.3 Å². The second-order valence-electron chi connectivity index (χ2n) is 4.31. The fourth-order valence-electron chi connectivity index (χ4n) is 1.43. The van der Waals surface area contributed by atoms with E-state index in [1.54, 1.807) is 13.0 Å². The molecule has 0 heterocycles. The van der Waals surface area contributed by atoms with Crippen LogP contribution in [-0.2, 0) is 6.18 Å². The number of alkyl halides is 3. The van der Waals surface area contributed by atoms with Gasteiger partial charge in [-0.2, -0.15) is 13.2 Å². The van der Waals surface area contributed by atoms with Gasteiger partial charge < -0.3 is 0 Å². The first-order valence-corrected chi connectivity index (χ1v) is 6.50. The molecule has 0 N–H and O–H groups in total. The Morgan fingerprint density at radius 1 is 0.750 bits per heavy atom. The van der Waals surface area contributed by atoms with Crippen LogP contribution in [0.25, 0.3) is 0 Å². The molecule has 0 aliphatic carbocycles. The molecule has 2 aromatic rings. The Labute approximate surface area is 126 Å². The summed E-state index contributed by atoms with van der Waals surface area (Å²) in [6.07, 6.45) is -4.21. The molecule has 0 nitrogen and oxygen atoms in total. The predicted octanol–water partition coefficient (Wildman–Crippen LogP) is 6.32. The minimum Gasteiger partial charge on any atom is -0.166 e. The summed E-state index contributed by atoms with van der Waals surface area (Å²) in [6, 6.07) is 10.5. The molecule has 0 radical (unpaired) electrons. The molecule has 2 rings (SSSR count). The van der Waals surface area contributed by atoms with E-state index in [-0.39, 0.29) is 0 Å². The van der Waals surface area contributed by atoms with Gasteiger partial charge in [-0.3, -0.25) is 0 Å². The van der Waals surface area contributed by atoms with Gasteiger partial charge in [-0.25, -0.2) is 0 Å². The molecule has 0 amide bonds. The zero-order valence-electron chi connectivity index (χ0n) is 10.9.